The van der Waals surface area contributed by atoms with Gasteiger partial charge in [-0.1, -0.05) is 11.6 Å². The first kappa shape index (κ1) is 10.0. The molecule has 0 amide bonds. The third-order valence-corrected chi connectivity index (χ3v) is 1.47. The zero-order valence-electron chi connectivity index (χ0n) is 6.68. The molecule has 0 radical (unpaired) electrons. The normalized spacial score (nSPS) is 9.21. The van der Waals surface area contributed by atoms with E-state index in [1.807, 2.05) is 0 Å². The Morgan fingerprint density at radius 3 is 2.50 bits per heavy atom. The summed E-state index contributed by atoms with van der Waals surface area (Å²) in [6.07, 6.45) is -0.639. The first-order valence-electron chi connectivity index (χ1n) is 3.39. The highest BCUT2D eigenvalue weighted by molar-refractivity contribution is 5.42. The fraction of sp³-hybridized carbons (Fsp3) is 0.125. The minimum absolute atomic E-state index is 0.639. The molecule has 1 heterocycles. The first-order chi connectivity index (χ1) is 6.61. The third-order valence-electron chi connectivity index (χ3n) is 1.47. The molecule has 0 aliphatic rings. The predicted molar refractivity (Wildman–Crippen MR) is 39.7 cm³/mol. The maximum atomic E-state index is 13.1. The highest BCUT2D eigenvalue weighted by atomic mass is 19.2. The van der Waals surface area contributed by atoms with Crippen LogP contribution in [0.5, 0.6) is 0 Å². The van der Waals surface area contributed by atoms with Crippen molar-refractivity contribution in [3.05, 3.63) is 34.6 Å². The summed E-state index contributed by atoms with van der Waals surface area (Å²) in [6, 6.07) is 1.47. The Balaban J connectivity index is 3.48. The molecule has 0 aliphatic carbocycles. The summed E-state index contributed by atoms with van der Waals surface area (Å²) in [5.74, 6) is -5.23. The summed E-state index contributed by atoms with van der Waals surface area (Å²) in [5.41, 5.74) is -0.758. The van der Waals surface area contributed by atoms with Crippen LogP contribution in [0.1, 0.15) is 5.56 Å². The average Bonchev–Trinajstić information content (AvgIpc) is 2.18. The monoisotopic (exact) mass is 197 g/mol. The average molecular weight is 197 g/mol. The van der Waals surface area contributed by atoms with Gasteiger partial charge in [-0.15, -0.1) is 0 Å². The van der Waals surface area contributed by atoms with Crippen molar-refractivity contribution in [1.82, 2.24) is 4.98 Å². The molecule has 0 fully saturated rings. The van der Waals surface area contributed by atoms with E-state index in [-0.39, 0.29) is 0 Å². The summed E-state index contributed by atoms with van der Waals surface area (Å²) >= 11 is 0. The lowest BCUT2D eigenvalue weighted by molar-refractivity contribution is 0.458. The topological polar surface area (TPSA) is 41.0 Å². The molecule has 1 aromatic heterocycles. The van der Waals surface area contributed by atoms with Crippen molar-refractivity contribution >= 4 is 5.82 Å². The van der Waals surface area contributed by atoms with Crippen LogP contribution >= 0.6 is 0 Å². The molecule has 1 rings (SSSR count). The molecule has 3 nitrogen and oxygen atoms in total. The van der Waals surface area contributed by atoms with E-state index in [1.54, 1.807) is 0 Å². The van der Waals surface area contributed by atoms with Crippen molar-refractivity contribution in [2.45, 2.75) is 6.42 Å². The zero-order chi connectivity index (χ0) is 10.7. The second-order valence-electron chi connectivity index (χ2n) is 2.28. The molecule has 0 unspecified atom stereocenters. The molecule has 0 aliphatic heterocycles. The molecule has 70 valence electrons. The number of nitrogens with zero attached hydrogens (tertiary/aromatic N) is 3. The van der Waals surface area contributed by atoms with Crippen molar-refractivity contribution < 1.29 is 13.2 Å². The van der Waals surface area contributed by atoms with Gasteiger partial charge in [-0.25, -0.2) is 4.39 Å². The van der Waals surface area contributed by atoms with Crippen molar-refractivity contribution in [1.29, 1.82) is 5.26 Å². The molecule has 1 aromatic rings. The van der Waals surface area contributed by atoms with E-state index in [2.05, 4.69) is 9.83 Å². The van der Waals surface area contributed by atoms with Crippen LogP contribution in [0.25, 0.3) is 4.85 Å². The second kappa shape index (κ2) is 3.75. The van der Waals surface area contributed by atoms with Crippen LogP contribution in [0.3, 0.4) is 0 Å². The van der Waals surface area contributed by atoms with Crippen molar-refractivity contribution in [3.8, 4) is 6.07 Å². The molecular formula is C8H2F3N3. The zero-order valence-corrected chi connectivity index (χ0v) is 6.68. The van der Waals surface area contributed by atoms with Crippen LogP contribution < -0.4 is 0 Å². The Labute approximate surface area is 77.2 Å². The highest BCUT2D eigenvalue weighted by Gasteiger charge is 2.21. The van der Waals surface area contributed by atoms with Crippen molar-refractivity contribution in [2.24, 2.45) is 0 Å². The predicted octanol–water partition coefficient (Wildman–Crippen LogP) is 2.12. The van der Waals surface area contributed by atoms with E-state index in [9.17, 15) is 13.2 Å². The van der Waals surface area contributed by atoms with Gasteiger partial charge in [-0.05, 0) is 0 Å². The summed E-state index contributed by atoms with van der Waals surface area (Å²) in [4.78, 5) is 5.32. The van der Waals surface area contributed by atoms with E-state index in [1.165, 1.54) is 6.07 Å². The fourth-order valence-corrected chi connectivity index (χ4v) is 0.855. The van der Waals surface area contributed by atoms with Gasteiger partial charge in [-0.2, -0.15) is 14.0 Å². The van der Waals surface area contributed by atoms with Gasteiger partial charge >= 0.3 is 11.8 Å². The highest BCUT2D eigenvalue weighted by Crippen LogP contribution is 2.23. The van der Waals surface area contributed by atoms with Crippen LogP contribution in [0.15, 0.2) is 0 Å². The molecule has 0 bridgehead atoms. The molecule has 6 heteroatoms. The molecule has 0 saturated heterocycles. The Hall–Kier alpha value is -2.08. The molecular weight excluding hydrogens is 195 g/mol. The Morgan fingerprint density at radius 2 is 2.00 bits per heavy atom. The number of hydrogen-bond acceptors (Lipinski definition) is 2. The fourth-order valence-electron chi connectivity index (χ4n) is 0.855. The summed E-state index contributed by atoms with van der Waals surface area (Å²) in [6.45, 7) is 6.43. The van der Waals surface area contributed by atoms with Gasteiger partial charge in [0.25, 0.3) is 0 Å². The Bertz CT molecular complexity index is 456. The van der Waals surface area contributed by atoms with Gasteiger partial charge in [0.15, 0.2) is 5.82 Å². The number of halogens is 3. The summed E-state index contributed by atoms with van der Waals surface area (Å²) in [5, 5.41) is 8.22. The van der Waals surface area contributed by atoms with Crippen LogP contribution in [0.4, 0.5) is 19.0 Å². The number of rotatable bonds is 1. The lowest BCUT2D eigenvalue weighted by Crippen LogP contribution is -2.01. The number of aromatic nitrogens is 1. The molecule has 14 heavy (non-hydrogen) atoms. The van der Waals surface area contributed by atoms with Crippen LogP contribution in [0, 0.1) is 35.5 Å². The van der Waals surface area contributed by atoms with E-state index in [0.29, 0.717) is 0 Å². The van der Waals surface area contributed by atoms with Crippen molar-refractivity contribution in [2.75, 3.05) is 0 Å². The number of pyridine rings is 1. The summed E-state index contributed by atoms with van der Waals surface area (Å²) < 4.78 is 38.5. The van der Waals surface area contributed by atoms with E-state index in [4.69, 9.17) is 11.8 Å². The van der Waals surface area contributed by atoms with Gasteiger partial charge in [0.05, 0.1) is 12.5 Å². The van der Waals surface area contributed by atoms with Gasteiger partial charge < -0.3 is 4.85 Å². The molecule has 0 aromatic carbocycles. The maximum Gasteiger partial charge on any atom is 0.338 e. The number of nitriles is 1. The molecule has 0 N–H and O–H groups in total. The summed E-state index contributed by atoms with van der Waals surface area (Å²) in [7, 11) is 0. The SMILES string of the molecule is [C-]#[N+]c1nc(F)c(F)c(CC#N)c1F. The standard InChI is InChI=1S/C8H2F3N3/c1-13-8-6(10)4(2-3-12)5(9)7(11)14-8/h2H2. The maximum absolute atomic E-state index is 13.1. The van der Waals surface area contributed by atoms with Gasteiger partial charge in [0.1, 0.15) is 0 Å². The Kier molecular flexibility index (Phi) is 2.68. The van der Waals surface area contributed by atoms with E-state index < -0.39 is 35.4 Å². The van der Waals surface area contributed by atoms with Gasteiger partial charge in [0.2, 0.25) is 5.82 Å². The largest absolute Gasteiger partial charge is 0.358 e. The van der Waals surface area contributed by atoms with E-state index >= 15 is 0 Å². The Morgan fingerprint density at radius 1 is 1.36 bits per heavy atom. The minimum Gasteiger partial charge on any atom is -0.358 e. The van der Waals surface area contributed by atoms with Crippen LogP contribution in [0.2, 0.25) is 0 Å². The lowest BCUT2D eigenvalue weighted by Gasteiger charge is -2.00. The minimum atomic E-state index is -1.57. The third kappa shape index (κ3) is 1.50. The van der Waals surface area contributed by atoms with Crippen LogP contribution in [-0.2, 0) is 6.42 Å². The quantitative estimate of drug-likeness (QED) is 0.511. The molecule has 0 spiro atoms. The number of hydrogen-bond donors (Lipinski definition) is 0. The van der Waals surface area contributed by atoms with Crippen molar-refractivity contribution in [3.63, 3.8) is 0 Å². The lowest BCUT2D eigenvalue weighted by atomic mass is 10.2. The van der Waals surface area contributed by atoms with Crippen LogP contribution in [-0.4, -0.2) is 4.98 Å². The first-order valence-corrected chi connectivity index (χ1v) is 3.39. The second-order valence-corrected chi connectivity index (χ2v) is 2.28. The van der Waals surface area contributed by atoms with Gasteiger partial charge in [0, 0.05) is 5.56 Å². The molecule has 0 atom stereocenters. The smallest absolute Gasteiger partial charge is 0.338 e. The van der Waals surface area contributed by atoms with E-state index in [0.717, 1.165) is 0 Å². The van der Waals surface area contributed by atoms with Gasteiger partial charge in [-0.3, -0.25) is 0 Å². The molecule has 0 saturated carbocycles.